The van der Waals surface area contributed by atoms with Gasteiger partial charge in [-0.2, -0.15) is 0 Å². The molecule has 3 atom stereocenters. The number of fused-ring (bicyclic) bond motifs is 1. The number of ether oxygens (including phenoxy) is 1. The molecule has 2 fully saturated rings. The number of rotatable bonds is 6. The lowest BCUT2D eigenvalue weighted by atomic mass is 10.1. The molecule has 34 heavy (non-hydrogen) atoms. The van der Waals surface area contributed by atoms with Crippen LogP contribution in [-0.4, -0.2) is 72.1 Å². The lowest BCUT2D eigenvalue weighted by Gasteiger charge is -2.32. The van der Waals surface area contributed by atoms with Gasteiger partial charge in [0.25, 0.3) is 0 Å². The van der Waals surface area contributed by atoms with Gasteiger partial charge in [-0.1, -0.05) is 36.4 Å². The van der Waals surface area contributed by atoms with Crippen molar-refractivity contribution >= 4 is 34.3 Å². The second-order valence-corrected chi connectivity index (χ2v) is 9.89. The van der Waals surface area contributed by atoms with Gasteiger partial charge in [0.15, 0.2) is 0 Å². The largest absolute Gasteiger partial charge is 0.494 e. The second kappa shape index (κ2) is 10.2. The van der Waals surface area contributed by atoms with Crippen molar-refractivity contribution in [2.75, 3.05) is 43.9 Å². The zero-order valence-corrected chi connectivity index (χ0v) is 20.1. The number of benzene rings is 2. The minimum absolute atomic E-state index is 0.104. The fourth-order valence-electron chi connectivity index (χ4n) is 5.10. The molecule has 0 spiro atoms. The summed E-state index contributed by atoms with van der Waals surface area (Å²) in [7, 11) is 1.69. The number of thioether (sulfide) groups is 1. The van der Waals surface area contributed by atoms with Crippen molar-refractivity contribution in [3.63, 3.8) is 0 Å². The van der Waals surface area contributed by atoms with E-state index in [4.69, 9.17) is 4.74 Å². The Morgan fingerprint density at radius 3 is 2.76 bits per heavy atom. The number of carboxylic acid groups (broad SMARTS) is 1. The molecule has 3 aromatic rings. The van der Waals surface area contributed by atoms with E-state index in [1.807, 2.05) is 42.6 Å². The molecule has 0 radical (unpaired) electrons. The van der Waals surface area contributed by atoms with Gasteiger partial charge in [0, 0.05) is 49.6 Å². The van der Waals surface area contributed by atoms with Gasteiger partial charge in [-0.15, -0.1) is 11.8 Å². The number of hydrogen-bond donors (Lipinski definition) is 2. The molecule has 0 aliphatic carbocycles. The summed E-state index contributed by atoms with van der Waals surface area (Å²) in [6, 6.07) is 17.6. The van der Waals surface area contributed by atoms with Crippen LogP contribution in [0.1, 0.15) is 17.4 Å². The molecule has 8 heteroatoms. The van der Waals surface area contributed by atoms with Crippen molar-refractivity contribution in [1.29, 1.82) is 0 Å². The summed E-state index contributed by atoms with van der Waals surface area (Å²) in [5.41, 5.74) is 3.11. The maximum atomic E-state index is 12.4. The number of aliphatic carboxylic acids is 1. The maximum Gasteiger partial charge on any atom is 0.322 e. The predicted octanol–water partition coefficient (Wildman–Crippen LogP) is 3.61. The average Bonchev–Trinajstić information content (AvgIpc) is 3.23. The Morgan fingerprint density at radius 1 is 1.12 bits per heavy atom. The molecule has 3 unspecified atom stereocenters. The fraction of sp³-hybridized carbons (Fsp3) is 0.385. The van der Waals surface area contributed by atoms with Gasteiger partial charge in [-0.3, -0.25) is 20.0 Å². The molecular weight excluding hydrogens is 448 g/mol. The molecule has 2 aromatic carbocycles. The molecule has 0 saturated carbocycles. The highest BCUT2D eigenvalue weighted by molar-refractivity contribution is 7.99. The van der Waals surface area contributed by atoms with Crippen LogP contribution in [0.25, 0.3) is 10.9 Å². The minimum Gasteiger partial charge on any atom is -0.494 e. The first kappa shape index (κ1) is 23.0. The molecule has 0 bridgehead atoms. The number of nitrogens with one attached hydrogen (secondary N) is 1. The molecule has 1 aromatic heterocycles. The Hall–Kier alpha value is -2.81. The summed E-state index contributed by atoms with van der Waals surface area (Å²) in [5, 5.41) is 15.0. The van der Waals surface area contributed by atoms with Gasteiger partial charge in [0.2, 0.25) is 0 Å². The van der Waals surface area contributed by atoms with E-state index in [2.05, 4.69) is 38.3 Å². The van der Waals surface area contributed by atoms with E-state index >= 15 is 0 Å². The predicted molar refractivity (Wildman–Crippen MR) is 137 cm³/mol. The zero-order chi connectivity index (χ0) is 23.5. The van der Waals surface area contributed by atoms with E-state index in [0.29, 0.717) is 6.54 Å². The molecular formula is C26H30N4O3S. The summed E-state index contributed by atoms with van der Waals surface area (Å²) >= 11 is 1.79. The van der Waals surface area contributed by atoms with Crippen molar-refractivity contribution < 1.29 is 14.6 Å². The van der Waals surface area contributed by atoms with Crippen LogP contribution < -0.4 is 15.0 Å². The lowest BCUT2D eigenvalue weighted by molar-refractivity contribution is -0.144. The van der Waals surface area contributed by atoms with E-state index in [9.17, 15) is 9.90 Å². The number of hydrogen-bond acceptors (Lipinski definition) is 7. The summed E-state index contributed by atoms with van der Waals surface area (Å²) in [6.07, 6.45) is 2.68. The third kappa shape index (κ3) is 4.58. The van der Waals surface area contributed by atoms with Crippen molar-refractivity contribution in [3.05, 3.63) is 66.4 Å². The quantitative estimate of drug-likeness (QED) is 0.556. The molecule has 2 aliphatic rings. The monoisotopic (exact) mass is 478 g/mol. The van der Waals surface area contributed by atoms with Crippen molar-refractivity contribution in [3.8, 4) is 5.75 Å². The van der Waals surface area contributed by atoms with Crippen LogP contribution in [0.5, 0.6) is 5.75 Å². The Morgan fingerprint density at radius 2 is 1.97 bits per heavy atom. The standard InChI is InChI=1S/C26H30N4O3S/c1-33-21-11-10-18-9-5-12-27-22(18)24(21)30-14-6-13-29(15-16-30)23(26(31)32)20-17-34-25(28-20)19-7-3-2-4-8-19/h2-5,7-12,20,23,25,28H,6,13-17H2,1H3,(H,31,32). The first-order chi connectivity index (χ1) is 16.7. The number of pyridine rings is 1. The zero-order valence-electron chi connectivity index (χ0n) is 19.3. The first-order valence-corrected chi connectivity index (χ1v) is 12.8. The van der Waals surface area contributed by atoms with E-state index in [1.54, 1.807) is 18.9 Å². The van der Waals surface area contributed by atoms with E-state index in [0.717, 1.165) is 54.1 Å². The lowest BCUT2D eigenvalue weighted by Crippen LogP contribution is -2.54. The first-order valence-electron chi connectivity index (χ1n) is 11.7. The SMILES string of the molecule is COc1ccc2cccnc2c1N1CCCN(C(C(=O)O)C2CSC(c3ccccc3)N2)CC1. The molecule has 3 heterocycles. The Bertz CT molecular complexity index is 1150. The summed E-state index contributed by atoms with van der Waals surface area (Å²) in [4.78, 5) is 21.5. The fourth-order valence-corrected chi connectivity index (χ4v) is 6.40. The highest BCUT2D eigenvalue weighted by Crippen LogP contribution is 2.37. The number of methoxy groups -OCH3 is 1. The van der Waals surface area contributed by atoms with Gasteiger partial charge in [0.05, 0.1) is 18.0 Å². The normalized spacial score (nSPS) is 22.4. The van der Waals surface area contributed by atoms with Gasteiger partial charge in [-0.05, 0) is 30.2 Å². The summed E-state index contributed by atoms with van der Waals surface area (Å²) in [6.45, 7) is 2.96. The van der Waals surface area contributed by atoms with Crippen LogP contribution in [0.4, 0.5) is 5.69 Å². The minimum atomic E-state index is -0.760. The number of nitrogens with zero attached hydrogens (tertiary/aromatic N) is 3. The Kier molecular flexibility index (Phi) is 6.89. The van der Waals surface area contributed by atoms with Gasteiger partial charge < -0.3 is 14.7 Å². The van der Waals surface area contributed by atoms with Crippen LogP contribution >= 0.6 is 11.8 Å². The van der Waals surface area contributed by atoms with Crippen LogP contribution in [0.15, 0.2) is 60.8 Å². The van der Waals surface area contributed by atoms with E-state index < -0.39 is 12.0 Å². The highest BCUT2D eigenvalue weighted by atomic mass is 32.2. The van der Waals surface area contributed by atoms with Crippen LogP contribution in [0, 0.1) is 0 Å². The van der Waals surface area contributed by atoms with Crippen LogP contribution in [0.2, 0.25) is 0 Å². The number of carbonyl (C=O) groups is 1. The summed E-state index contributed by atoms with van der Waals surface area (Å²) in [5.74, 6) is 0.816. The molecule has 2 saturated heterocycles. The molecule has 2 N–H and O–H groups in total. The molecule has 5 rings (SSSR count). The number of carboxylic acids is 1. The average molecular weight is 479 g/mol. The number of anilines is 1. The second-order valence-electron chi connectivity index (χ2n) is 8.75. The number of aromatic nitrogens is 1. The maximum absolute atomic E-state index is 12.4. The van der Waals surface area contributed by atoms with E-state index in [-0.39, 0.29) is 11.4 Å². The third-order valence-electron chi connectivity index (χ3n) is 6.72. The van der Waals surface area contributed by atoms with Crippen LogP contribution in [0.3, 0.4) is 0 Å². The highest BCUT2D eigenvalue weighted by Gasteiger charge is 2.39. The molecule has 178 valence electrons. The molecule has 2 aliphatic heterocycles. The Balaban J connectivity index is 1.34. The van der Waals surface area contributed by atoms with Crippen molar-refractivity contribution in [2.45, 2.75) is 23.9 Å². The van der Waals surface area contributed by atoms with E-state index in [1.165, 1.54) is 5.56 Å². The molecule has 0 amide bonds. The Labute approximate surface area is 204 Å². The topological polar surface area (TPSA) is 77.9 Å². The van der Waals surface area contributed by atoms with Crippen molar-refractivity contribution in [1.82, 2.24) is 15.2 Å². The van der Waals surface area contributed by atoms with Crippen molar-refractivity contribution in [2.24, 2.45) is 0 Å². The van der Waals surface area contributed by atoms with Gasteiger partial charge >= 0.3 is 5.97 Å². The van der Waals surface area contributed by atoms with Crippen LogP contribution in [-0.2, 0) is 4.79 Å². The smallest absolute Gasteiger partial charge is 0.322 e. The third-order valence-corrected chi connectivity index (χ3v) is 8.01. The molecule has 7 nitrogen and oxygen atoms in total. The van der Waals surface area contributed by atoms with Gasteiger partial charge in [-0.25, -0.2) is 0 Å². The van der Waals surface area contributed by atoms with Gasteiger partial charge in [0.1, 0.15) is 17.5 Å². The summed E-state index contributed by atoms with van der Waals surface area (Å²) < 4.78 is 5.69.